The van der Waals surface area contributed by atoms with Gasteiger partial charge in [0.2, 0.25) is 0 Å². The maximum Gasteiger partial charge on any atom is 0.319 e. The molecule has 0 amide bonds. The first kappa shape index (κ1) is 33.4. The average Bonchev–Trinajstić information content (AvgIpc) is 3.45. The number of terminal acetylenes is 1. The maximum absolute atomic E-state index is 16.8. The van der Waals surface area contributed by atoms with Crippen molar-refractivity contribution in [2.45, 2.75) is 95.7 Å². The summed E-state index contributed by atoms with van der Waals surface area (Å²) in [4.78, 5) is 18.8. The minimum Gasteiger partial charge on any atom is -0.508 e. The molecule has 5 heterocycles. The molecule has 8 nitrogen and oxygen atoms in total. The highest BCUT2D eigenvalue weighted by Crippen LogP contribution is 2.39. The molecule has 258 valence electrons. The molecule has 2 atom stereocenters. The van der Waals surface area contributed by atoms with E-state index in [-0.39, 0.29) is 40.2 Å². The Morgan fingerprint density at radius 2 is 1.71 bits per heavy atom. The van der Waals surface area contributed by atoms with Crippen molar-refractivity contribution in [1.29, 1.82) is 0 Å². The standard InChI is InChI=1S/C39H46F2N6O2/c1-3-5-6-7-8-9-10-17-46-18-15-29(16-19-46)49-39-44-37-32(38(45-39)47-23-26-12-13-27(24-47)43-26)22-42-36(35(37)41)31-21-28(48)20-25-11-14-33(40)30(4-2)34(25)31/h2,11,14,20-22,26-27,29,43,48H,3,5-10,12-13,15-19,23-24H2,1H3. The van der Waals surface area contributed by atoms with Crippen molar-refractivity contribution < 1.29 is 18.6 Å². The van der Waals surface area contributed by atoms with Crippen LogP contribution in [0.3, 0.4) is 0 Å². The Kier molecular flexibility index (Phi) is 10.1. The molecule has 3 aliphatic heterocycles. The van der Waals surface area contributed by atoms with Crippen LogP contribution in [0.5, 0.6) is 11.8 Å². The number of hydrogen-bond donors (Lipinski definition) is 2. The summed E-state index contributed by atoms with van der Waals surface area (Å²) in [7, 11) is 0. The first-order chi connectivity index (χ1) is 23.9. The summed E-state index contributed by atoms with van der Waals surface area (Å²) >= 11 is 0. The largest absolute Gasteiger partial charge is 0.508 e. The fourth-order valence-corrected chi connectivity index (χ4v) is 7.92. The van der Waals surface area contributed by atoms with Gasteiger partial charge in [0, 0.05) is 55.4 Å². The molecule has 0 spiro atoms. The molecule has 2 N–H and O–H groups in total. The number of nitrogens with zero attached hydrogens (tertiary/aromatic N) is 5. The van der Waals surface area contributed by atoms with E-state index in [1.807, 2.05) is 0 Å². The van der Waals surface area contributed by atoms with Crippen molar-refractivity contribution >= 4 is 27.5 Å². The molecule has 4 aromatic rings. The SMILES string of the molecule is C#Cc1c(F)ccc2cc(O)cc(-c3ncc4c(N5CC6CCC(C5)N6)nc(OC5CCN(CCCCCCCCC)CC5)nc4c3F)c12. The molecule has 0 saturated carbocycles. The molecule has 2 unspecified atom stereocenters. The maximum atomic E-state index is 16.8. The number of phenols is 1. The number of aromatic hydroxyl groups is 1. The molecule has 49 heavy (non-hydrogen) atoms. The molecular formula is C39H46F2N6O2. The zero-order valence-electron chi connectivity index (χ0n) is 28.4. The Bertz CT molecular complexity index is 1840. The molecule has 10 heteroatoms. The Hall–Kier alpha value is -4.07. The van der Waals surface area contributed by atoms with Crippen LogP contribution in [0, 0.1) is 24.0 Å². The number of phenolic OH excluding ortho intramolecular Hbond substituents is 1. The van der Waals surface area contributed by atoms with Gasteiger partial charge in [-0.1, -0.05) is 57.4 Å². The van der Waals surface area contributed by atoms with Gasteiger partial charge in [-0.2, -0.15) is 9.97 Å². The summed E-state index contributed by atoms with van der Waals surface area (Å²) in [6, 6.07) is 6.42. The lowest BCUT2D eigenvalue weighted by atomic mass is 9.96. The number of ether oxygens (including phenoxy) is 1. The van der Waals surface area contributed by atoms with Crippen molar-refractivity contribution in [1.82, 2.24) is 25.2 Å². The molecular weight excluding hydrogens is 622 g/mol. The highest BCUT2D eigenvalue weighted by molar-refractivity contribution is 6.03. The predicted octanol–water partition coefficient (Wildman–Crippen LogP) is 7.34. The quantitative estimate of drug-likeness (QED) is 0.120. The third-order valence-electron chi connectivity index (χ3n) is 10.5. The van der Waals surface area contributed by atoms with Crippen LogP contribution in [0.25, 0.3) is 32.9 Å². The minimum absolute atomic E-state index is 0.0178. The van der Waals surface area contributed by atoms with Crippen LogP contribution < -0.4 is 15.0 Å². The third-order valence-corrected chi connectivity index (χ3v) is 10.5. The van der Waals surface area contributed by atoms with E-state index in [2.05, 4.69) is 37.9 Å². The number of aromatic nitrogens is 3. The minimum atomic E-state index is -0.701. The lowest BCUT2D eigenvalue weighted by Crippen LogP contribution is -2.51. The van der Waals surface area contributed by atoms with Gasteiger partial charge in [-0.25, -0.2) is 8.78 Å². The normalized spacial score (nSPS) is 19.9. The van der Waals surface area contributed by atoms with Gasteiger partial charge < -0.3 is 25.0 Å². The van der Waals surface area contributed by atoms with Crippen LogP contribution in [0.2, 0.25) is 0 Å². The molecule has 2 bridgehead atoms. The Balaban J connectivity index is 1.18. The van der Waals surface area contributed by atoms with Gasteiger partial charge in [-0.05, 0) is 62.2 Å². The number of rotatable bonds is 12. The van der Waals surface area contributed by atoms with Crippen LogP contribution in [0.4, 0.5) is 14.6 Å². The monoisotopic (exact) mass is 668 g/mol. The smallest absolute Gasteiger partial charge is 0.319 e. The number of hydrogen-bond acceptors (Lipinski definition) is 8. The summed E-state index contributed by atoms with van der Waals surface area (Å²) in [6.07, 6.45) is 20.2. The molecule has 0 radical (unpaired) electrons. The second-order valence-corrected chi connectivity index (χ2v) is 14.0. The number of fused-ring (bicyclic) bond motifs is 4. The van der Waals surface area contributed by atoms with Gasteiger partial charge >= 0.3 is 6.01 Å². The van der Waals surface area contributed by atoms with Gasteiger partial charge in [0.15, 0.2) is 5.82 Å². The van der Waals surface area contributed by atoms with Crippen LogP contribution >= 0.6 is 0 Å². The van der Waals surface area contributed by atoms with Crippen molar-refractivity contribution in [3.8, 4) is 35.4 Å². The van der Waals surface area contributed by atoms with E-state index in [4.69, 9.17) is 16.1 Å². The average molecular weight is 669 g/mol. The van der Waals surface area contributed by atoms with Gasteiger partial charge in [-0.15, -0.1) is 6.42 Å². The van der Waals surface area contributed by atoms with E-state index in [1.54, 1.807) is 6.20 Å². The topological polar surface area (TPSA) is 86.6 Å². The van der Waals surface area contributed by atoms with E-state index in [0.29, 0.717) is 34.1 Å². The lowest BCUT2D eigenvalue weighted by molar-refractivity contribution is 0.0921. The van der Waals surface area contributed by atoms with E-state index < -0.39 is 11.6 Å². The third kappa shape index (κ3) is 7.15. The van der Waals surface area contributed by atoms with Gasteiger partial charge in [0.25, 0.3) is 0 Å². The van der Waals surface area contributed by atoms with Crippen LogP contribution in [0.1, 0.15) is 83.1 Å². The molecule has 3 fully saturated rings. The van der Waals surface area contributed by atoms with Crippen LogP contribution in [-0.2, 0) is 0 Å². The first-order valence-electron chi connectivity index (χ1n) is 18.1. The highest BCUT2D eigenvalue weighted by Gasteiger charge is 2.34. The van der Waals surface area contributed by atoms with E-state index in [1.165, 1.54) is 69.2 Å². The Morgan fingerprint density at radius 1 is 0.980 bits per heavy atom. The number of likely N-dealkylation sites (tertiary alicyclic amines) is 1. The first-order valence-corrected chi connectivity index (χ1v) is 18.1. The summed E-state index contributed by atoms with van der Waals surface area (Å²) in [6.45, 7) is 6.74. The molecule has 3 aliphatic rings. The number of piperazine rings is 1. The van der Waals surface area contributed by atoms with Crippen molar-refractivity contribution in [3.63, 3.8) is 0 Å². The van der Waals surface area contributed by atoms with E-state index >= 15 is 4.39 Å². The Labute approximate surface area is 287 Å². The number of pyridine rings is 1. The van der Waals surface area contributed by atoms with Gasteiger partial charge in [-0.3, -0.25) is 4.98 Å². The molecule has 7 rings (SSSR count). The Morgan fingerprint density at radius 3 is 2.45 bits per heavy atom. The molecule has 3 saturated heterocycles. The van der Waals surface area contributed by atoms with Crippen molar-refractivity contribution in [3.05, 3.63) is 47.7 Å². The summed E-state index contributed by atoms with van der Waals surface area (Å²) in [5.41, 5.74) is 0.168. The molecule has 2 aromatic heterocycles. The van der Waals surface area contributed by atoms with Gasteiger partial charge in [0.05, 0.1) is 10.9 Å². The number of halogens is 2. The summed E-state index contributed by atoms with van der Waals surface area (Å²) in [5.74, 6) is 1.59. The zero-order chi connectivity index (χ0) is 33.9. The van der Waals surface area contributed by atoms with E-state index in [0.717, 1.165) is 58.4 Å². The number of piperidine rings is 1. The summed E-state index contributed by atoms with van der Waals surface area (Å²) in [5, 5.41) is 15.5. The second-order valence-electron chi connectivity index (χ2n) is 14.0. The second kappa shape index (κ2) is 14.8. The molecule has 2 aromatic carbocycles. The lowest BCUT2D eigenvalue weighted by Gasteiger charge is -2.35. The number of unbranched alkanes of at least 4 members (excludes halogenated alkanes) is 6. The van der Waals surface area contributed by atoms with Crippen LogP contribution in [0.15, 0.2) is 30.5 Å². The highest BCUT2D eigenvalue weighted by atomic mass is 19.1. The van der Waals surface area contributed by atoms with Crippen molar-refractivity contribution in [2.24, 2.45) is 0 Å². The van der Waals surface area contributed by atoms with Crippen LogP contribution in [-0.4, -0.2) is 75.9 Å². The number of benzene rings is 2. The fourth-order valence-electron chi connectivity index (χ4n) is 7.92. The summed E-state index contributed by atoms with van der Waals surface area (Å²) < 4.78 is 38.1. The van der Waals surface area contributed by atoms with Crippen molar-refractivity contribution in [2.75, 3.05) is 37.6 Å². The van der Waals surface area contributed by atoms with Gasteiger partial charge in [0.1, 0.15) is 34.7 Å². The number of nitrogens with one attached hydrogen (secondary N) is 1. The zero-order valence-corrected chi connectivity index (χ0v) is 28.4. The predicted molar refractivity (Wildman–Crippen MR) is 190 cm³/mol. The number of anilines is 1. The van der Waals surface area contributed by atoms with E-state index in [9.17, 15) is 9.50 Å². The fraction of sp³-hybridized carbons (Fsp3) is 0.513. The molecule has 0 aliphatic carbocycles.